The zero-order chi connectivity index (χ0) is 13.5. The Morgan fingerprint density at radius 1 is 1.42 bits per heavy atom. The van der Waals surface area contributed by atoms with Crippen molar-refractivity contribution < 1.29 is 4.74 Å². The smallest absolute Gasteiger partial charge is 0.119 e. The molecule has 1 saturated heterocycles. The minimum Gasteiger partial charge on any atom is -0.497 e. The lowest BCUT2D eigenvalue weighted by molar-refractivity contribution is 0.413. The lowest BCUT2D eigenvalue weighted by atomic mass is 9.99. The monoisotopic (exact) mass is 279 g/mol. The number of ether oxygens (including phenoxy) is 1. The van der Waals surface area contributed by atoms with Gasteiger partial charge in [0.25, 0.3) is 0 Å². The molecule has 1 heterocycles. The van der Waals surface area contributed by atoms with Gasteiger partial charge in [-0.2, -0.15) is 11.8 Å². The summed E-state index contributed by atoms with van der Waals surface area (Å²) < 4.78 is 5.32. The Hall–Kier alpha value is -0.670. The molecule has 0 aliphatic carbocycles. The fourth-order valence-corrected chi connectivity index (χ4v) is 4.17. The Bertz CT molecular complexity index is 377. The molecule has 2 nitrogen and oxygen atoms in total. The molecule has 1 aliphatic heterocycles. The third-order valence-electron chi connectivity index (χ3n) is 3.72. The molecule has 106 valence electrons. The van der Waals surface area contributed by atoms with Gasteiger partial charge in [0.15, 0.2) is 0 Å². The lowest BCUT2D eigenvalue weighted by Crippen LogP contribution is -2.41. The summed E-state index contributed by atoms with van der Waals surface area (Å²) in [5.41, 5.74) is 1.37. The largest absolute Gasteiger partial charge is 0.497 e. The molecule has 1 aliphatic rings. The van der Waals surface area contributed by atoms with Gasteiger partial charge in [-0.15, -0.1) is 0 Å². The van der Waals surface area contributed by atoms with Gasteiger partial charge < -0.3 is 10.1 Å². The van der Waals surface area contributed by atoms with Crippen molar-refractivity contribution in [2.24, 2.45) is 0 Å². The number of hydrogen-bond acceptors (Lipinski definition) is 3. The van der Waals surface area contributed by atoms with Crippen LogP contribution in [0.25, 0.3) is 0 Å². The van der Waals surface area contributed by atoms with Gasteiger partial charge in [0.05, 0.1) is 7.11 Å². The molecule has 0 spiro atoms. The van der Waals surface area contributed by atoms with E-state index >= 15 is 0 Å². The SMILES string of the molecule is CCNC(Cc1cccc(OC)c1)C1CCCCS1. The Balaban J connectivity index is 2.01. The van der Waals surface area contributed by atoms with Gasteiger partial charge in [0.2, 0.25) is 0 Å². The first kappa shape index (κ1) is 14.7. The zero-order valence-electron chi connectivity index (χ0n) is 12.0. The van der Waals surface area contributed by atoms with Crippen LogP contribution in [0.3, 0.4) is 0 Å². The summed E-state index contributed by atoms with van der Waals surface area (Å²) in [6, 6.07) is 9.06. The maximum absolute atomic E-state index is 5.32. The number of likely N-dealkylation sites (N-methyl/N-ethyl adjacent to an activating group) is 1. The van der Waals surface area contributed by atoms with Crippen LogP contribution in [0.4, 0.5) is 0 Å². The third kappa shape index (κ3) is 4.43. The van der Waals surface area contributed by atoms with E-state index in [9.17, 15) is 0 Å². The molecule has 2 atom stereocenters. The van der Waals surface area contributed by atoms with E-state index in [0.717, 1.165) is 24.0 Å². The quantitative estimate of drug-likeness (QED) is 0.861. The topological polar surface area (TPSA) is 21.3 Å². The van der Waals surface area contributed by atoms with E-state index in [0.29, 0.717) is 6.04 Å². The van der Waals surface area contributed by atoms with E-state index in [1.807, 2.05) is 6.07 Å². The number of benzene rings is 1. The van der Waals surface area contributed by atoms with Crippen molar-refractivity contribution in [2.75, 3.05) is 19.4 Å². The number of rotatable bonds is 6. The number of nitrogens with one attached hydrogen (secondary N) is 1. The van der Waals surface area contributed by atoms with Crippen LogP contribution >= 0.6 is 11.8 Å². The summed E-state index contributed by atoms with van der Waals surface area (Å²) in [6.07, 6.45) is 5.23. The van der Waals surface area contributed by atoms with Crippen molar-refractivity contribution in [1.29, 1.82) is 0 Å². The predicted molar refractivity (Wildman–Crippen MR) is 84.3 cm³/mol. The molecule has 0 amide bonds. The standard InChI is InChI=1S/C16H25NOS/c1-3-17-15(16-9-4-5-10-19-16)12-13-7-6-8-14(11-13)18-2/h6-8,11,15-17H,3-5,9-10,12H2,1-2H3. The van der Waals surface area contributed by atoms with Crippen LogP contribution in [-0.2, 0) is 6.42 Å². The van der Waals surface area contributed by atoms with Crippen molar-refractivity contribution in [3.63, 3.8) is 0 Å². The molecular weight excluding hydrogens is 254 g/mol. The molecular formula is C16H25NOS. The molecule has 1 fully saturated rings. The lowest BCUT2D eigenvalue weighted by Gasteiger charge is -2.30. The summed E-state index contributed by atoms with van der Waals surface area (Å²) in [5, 5.41) is 4.44. The minimum absolute atomic E-state index is 0.586. The number of hydrogen-bond donors (Lipinski definition) is 1. The number of methoxy groups -OCH3 is 1. The first-order valence-electron chi connectivity index (χ1n) is 7.31. The average molecular weight is 279 g/mol. The van der Waals surface area contributed by atoms with Gasteiger partial charge in [-0.3, -0.25) is 0 Å². The van der Waals surface area contributed by atoms with Crippen molar-refractivity contribution in [1.82, 2.24) is 5.32 Å². The molecule has 3 heteroatoms. The van der Waals surface area contributed by atoms with E-state index in [1.54, 1.807) is 7.11 Å². The molecule has 2 unspecified atom stereocenters. The highest BCUT2D eigenvalue weighted by Crippen LogP contribution is 2.29. The second-order valence-electron chi connectivity index (χ2n) is 5.12. The Morgan fingerprint density at radius 2 is 2.32 bits per heavy atom. The van der Waals surface area contributed by atoms with Crippen molar-refractivity contribution in [3.8, 4) is 5.75 Å². The van der Waals surface area contributed by atoms with Gasteiger partial charge in [0.1, 0.15) is 5.75 Å². The highest BCUT2D eigenvalue weighted by atomic mass is 32.2. The maximum Gasteiger partial charge on any atom is 0.119 e. The van der Waals surface area contributed by atoms with Crippen LogP contribution in [0.2, 0.25) is 0 Å². The van der Waals surface area contributed by atoms with E-state index in [-0.39, 0.29) is 0 Å². The molecule has 0 radical (unpaired) electrons. The highest BCUT2D eigenvalue weighted by molar-refractivity contribution is 8.00. The van der Waals surface area contributed by atoms with Crippen molar-refractivity contribution >= 4 is 11.8 Å². The molecule has 1 N–H and O–H groups in total. The van der Waals surface area contributed by atoms with Crippen molar-refractivity contribution in [3.05, 3.63) is 29.8 Å². The summed E-state index contributed by atoms with van der Waals surface area (Å²) in [4.78, 5) is 0. The van der Waals surface area contributed by atoms with Gasteiger partial charge >= 0.3 is 0 Å². The van der Waals surface area contributed by atoms with E-state index in [2.05, 4.69) is 42.2 Å². The van der Waals surface area contributed by atoms with Gasteiger partial charge in [-0.1, -0.05) is 25.5 Å². The first-order valence-corrected chi connectivity index (χ1v) is 8.36. The second-order valence-corrected chi connectivity index (χ2v) is 6.47. The third-order valence-corrected chi connectivity index (χ3v) is 5.24. The molecule has 0 bridgehead atoms. The molecule has 19 heavy (non-hydrogen) atoms. The minimum atomic E-state index is 0.586. The predicted octanol–water partition coefficient (Wildman–Crippen LogP) is 3.50. The molecule has 0 aromatic heterocycles. The van der Waals surface area contributed by atoms with Gasteiger partial charge in [0, 0.05) is 11.3 Å². The van der Waals surface area contributed by atoms with Crippen molar-refractivity contribution in [2.45, 2.75) is 43.9 Å². The van der Waals surface area contributed by atoms with Crippen LogP contribution in [0.1, 0.15) is 31.7 Å². The number of thioether (sulfide) groups is 1. The van der Waals surface area contributed by atoms with E-state index < -0.39 is 0 Å². The van der Waals surface area contributed by atoms with Crippen LogP contribution in [0.5, 0.6) is 5.75 Å². The summed E-state index contributed by atoms with van der Waals surface area (Å²) in [6.45, 7) is 3.25. The first-order chi connectivity index (χ1) is 9.33. The summed E-state index contributed by atoms with van der Waals surface area (Å²) >= 11 is 2.15. The fourth-order valence-electron chi connectivity index (χ4n) is 2.73. The molecule has 2 rings (SSSR count). The van der Waals surface area contributed by atoms with Gasteiger partial charge in [-0.25, -0.2) is 0 Å². The normalized spacial score (nSPS) is 21.1. The summed E-state index contributed by atoms with van der Waals surface area (Å²) in [7, 11) is 1.73. The van der Waals surface area contributed by atoms with Crippen LogP contribution in [-0.4, -0.2) is 30.7 Å². The fraction of sp³-hybridized carbons (Fsp3) is 0.625. The maximum atomic E-state index is 5.32. The Morgan fingerprint density at radius 3 is 3.00 bits per heavy atom. The van der Waals surface area contributed by atoms with E-state index in [4.69, 9.17) is 4.74 Å². The Labute approximate surface area is 121 Å². The average Bonchev–Trinajstić information content (AvgIpc) is 2.48. The molecule has 1 aromatic carbocycles. The molecule has 1 aromatic rings. The van der Waals surface area contributed by atoms with E-state index in [1.165, 1.54) is 30.6 Å². The second kappa shape index (κ2) is 7.81. The van der Waals surface area contributed by atoms with Crippen LogP contribution < -0.4 is 10.1 Å². The van der Waals surface area contributed by atoms with Crippen LogP contribution in [0.15, 0.2) is 24.3 Å². The van der Waals surface area contributed by atoms with Crippen LogP contribution in [0, 0.1) is 0 Å². The van der Waals surface area contributed by atoms with Gasteiger partial charge in [-0.05, 0) is 49.3 Å². The highest BCUT2D eigenvalue weighted by Gasteiger charge is 2.23. The molecule has 0 saturated carbocycles. The summed E-state index contributed by atoms with van der Waals surface area (Å²) in [5.74, 6) is 2.29. The Kier molecular flexibility index (Phi) is 6.05. The zero-order valence-corrected chi connectivity index (χ0v) is 12.8.